The van der Waals surface area contributed by atoms with Crippen LogP contribution >= 0.6 is 0 Å². The summed E-state index contributed by atoms with van der Waals surface area (Å²) in [5.74, 6) is -0.934. The molecule has 0 aliphatic rings. The zero-order valence-electron chi connectivity index (χ0n) is 6.04. The van der Waals surface area contributed by atoms with Crippen molar-refractivity contribution in [1.82, 2.24) is 0 Å². The Morgan fingerprint density at radius 1 is 1.58 bits per heavy atom. The minimum Gasteiger partial charge on any atom is -0.506 e. The number of amides is 2. The third-order valence-electron chi connectivity index (χ3n) is 1.22. The van der Waals surface area contributed by atoms with Gasteiger partial charge in [-0.2, -0.15) is 0 Å². The summed E-state index contributed by atoms with van der Waals surface area (Å²) in [7, 11) is 0. The first-order valence-corrected chi connectivity index (χ1v) is 3.14. The maximum Gasteiger partial charge on any atom is 0.316 e. The first-order chi connectivity index (χ1) is 5.59. The number of phenols is 1. The van der Waals surface area contributed by atoms with Gasteiger partial charge in [0.15, 0.2) is 0 Å². The Hall–Kier alpha value is -1.78. The Labute approximate surface area is 67.8 Å². The van der Waals surface area contributed by atoms with E-state index in [9.17, 15) is 9.18 Å². The van der Waals surface area contributed by atoms with Crippen LogP contribution in [0.1, 0.15) is 0 Å². The highest BCUT2D eigenvalue weighted by Gasteiger charge is 2.03. The highest BCUT2D eigenvalue weighted by molar-refractivity contribution is 5.89. The number of aromatic hydroxyl groups is 1. The first-order valence-electron chi connectivity index (χ1n) is 3.14. The van der Waals surface area contributed by atoms with Gasteiger partial charge in [0, 0.05) is 6.07 Å². The van der Waals surface area contributed by atoms with Crippen molar-refractivity contribution in [2.45, 2.75) is 0 Å². The average Bonchev–Trinajstić information content (AvgIpc) is 1.94. The monoisotopic (exact) mass is 170 g/mol. The number of hydrogen-bond acceptors (Lipinski definition) is 2. The molecule has 1 aromatic carbocycles. The van der Waals surface area contributed by atoms with Gasteiger partial charge >= 0.3 is 6.03 Å². The molecule has 12 heavy (non-hydrogen) atoms. The fraction of sp³-hybridized carbons (Fsp3) is 0. The predicted molar refractivity (Wildman–Crippen MR) is 41.3 cm³/mol. The molecule has 0 aromatic heterocycles. The van der Waals surface area contributed by atoms with E-state index in [0.29, 0.717) is 0 Å². The summed E-state index contributed by atoms with van der Waals surface area (Å²) in [5, 5.41) is 11.2. The molecule has 0 fully saturated rings. The van der Waals surface area contributed by atoms with Crippen LogP contribution in [0.5, 0.6) is 5.75 Å². The van der Waals surface area contributed by atoms with E-state index in [1.165, 1.54) is 6.07 Å². The van der Waals surface area contributed by atoms with Crippen molar-refractivity contribution in [3.05, 3.63) is 24.0 Å². The zero-order valence-corrected chi connectivity index (χ0v) is 6.04. The lowest BCUT2D eigenvalue weighted by molar-refractivity contribution is 0.259. The van der Waals surface area contributed by atoms with Crippen molar-refractivity contribution < 1.29 is 14.3 Å². The van der Waals surface area contributed by atoms with Gasteiger partial charge in [-0.3, -0.25) is 0 Å². The first kappa shape index (κ1) is 8.32. The number of halogens is 1. The Bertz CT molecular complexity index is 314. The van der Waals surface area contributed by atoms with Crippen LogP contribution in [0.25, 0.3) is 0 Å². The van der Waals surface area contributed by atoms with E-state index in [1.54, 1.807) is 0 Å². The molecule has 1 rings (SSSR count). The van der Waals surface area contributed by atoms with Crippen molar-refractivity contribution in [3.63, 3.8) is 0 Å². The van der Waals surface area contributed by atoms with E-state index in [4.69, 9.17) is 10.8 Å². The molecule has 0 unspecified atom stereocenters. The minimum absolute atomic E-state index is 0.0869. The largest absolute Gasteiger partial charge is 0.506 e. The summed E-state index contributed by atoms with van der Waals surface area (Å²) in [4.78, 5) is 10.3. The molecule has 0 heterocycles. The molecule has 64 valence electrons. The molecule has 0 aliphatic heterocycles. The normalized spacial score (nSPS) is 9.42. The van der Waals surface area contributed by atoms with Gasteiger partial charge in [0.2, 0.25) is 0 Å². The number of nitrogens with two attached hydrogens (primary N) is 1. The number of rotatable bonds is 1. The number of carbonyl (C=O) groups excluding carboxylic acids is 1. The molecule has 0 bridgehead atoms. The summed E-state index contributed by atoms with van der Waals surface area (Å²) in [6.45, 7) is 0. The fourth-order valence-corrected chi connectivity index (χ4v) is 0.743. The summed E-state index contributed by atoms with van der Waals surface area (Å²) >= 11 is 0. The smallest absolute Gasteiger partial charge is 0.316 e. The van der Waals surface area contributed by atoms with Crippen LogP contribution in [-0.4, -0.2) is 11.1 Å². The van der Waals surface area contributed by atoms with Gasteiger partial charge in [0.25, 0.3) is 0 Å². The summed E-state index contributed by atoms with van der Waals surface area (Å²) in [6, 6.07) is 2.39. The number of primary amides is 1. The number of hydrogen-bond donors (Lipinski definition) is 3. The molecule has 4 nitrogen and oxygen atoms in total. The maximum atomic E-state index is 12.4. The molecule has 0 aliphatic carbocycles. The standard InChI is InChI=1S/C7H7FN2O2/c8-4-1-2-5(6(11)3-4)10-7(9)12/h1-3,11H,(H3,9,10,12). The average molecular weight is 170 g/mol. The van der Waals surface area contributed by atoms with Crippen LogP contribution < -0.4 is 11.1 Å². The molecule has 0 saturated heterocycles. The Balaban J connectivity index is 2.93. The second-order valence-electron chi connectivity index (χ2n) is 2.15. The van der Waals surface area contributed by atoms with Crippen molar-refractivity contribution in [2.75, 3.05) is 5.32 Å². The van der Waals surface area contributed by atoms with Crippen LogP contribution in [0.15, 0.2) is 18.2 Å². The Morgan fingerprint density at radius 3 is 2.75 bits per heavy atom. The van der Waals surface area contributed by atoms with E-state index in [2.05, 4.69) is 5.32 Å². The van der Waals surface area contributed by atoms with Crippen LogP contribution in [0.4, 0.5) is 14.9 Å². The molecule has 5 heteroatoms. The fourth-order valence-electron chi connectivity index (χ4n) is 0.743. The second-order valence-corrected chi connectivity index (χ2v) is 2.15. The third kappa shape index (κ3) is 1.85. The summed E-state index contributed by atoms with van der Waals surface area (Å²) < 4.78 is 12.4. The second kappa shape index (κ2) is 3.08. The number of carbonyl (C=O) groups is 1. The lowest BCUT2D eigenvalue weighted by atomic mass is 10.3. The molecule has 2 amide bonds. The third-order valence-corrected chi connectivity index (χ3v) is 1.22. The lowest BCUT2D eigenvalue weighted by Gasteiger charge is -2.03. The van der Waals surface area contributed by atoms with Gasteiger partial charge in [-0.15, -0.1) is 0 Å². The molecule has 0 spiro atoms. The Morgan fingerprint density at radius 2 is 2.25 bits per heavy atom. The number of phenolic OH excluding ortho intramolecular Hbond substituents is 1. The molecular weight excluding hydrogens is 163 g/mol. The van der Waals surface area contributed by atoms with Crippen LogP contribution in [-0.2, 0) is 0 Å². The van der Waals surface area contributed by atoms with Gasteiger partial charge in [0.1, 0.15) is 11.6 Å². The highest BCUT2D eigenvalue weighted by Crippen LogP contribution is 2.22. The maximum absolute atomic E-state index is 12.4. The highest BCUT2D eigenvalue weighted by atomic mass is 19.1. The van der Waals surface area contributed by atoms with E-state index in [0.717, 1.165) is 12.1 Å². The number of anilines is 1. The van der Waals surface area contributed by atoms with Crippen molar-refractivity contribution in [2.24, 2.45) is 5.73 Å². The minimum atomic E-state index is -0.808. The van der Waals surface area contributed by atoms with Crippen molar-refractivity contribution in [1.29, 1.82) is 0 Å². The van der Waals surface area contributed by atoms with E-state index >= 15 is 0 Å². The molecule has 0 radical (unpaired) electrons. The topological polar surface area (TPSA) is 75.4 Å². The Kier molecular flexibility index (Phi) is 2.14. The van der Waals surface area contributed by atoms with Gasteiger partial charge in [0.05, 0.1) is 5.69 Å². The lowest BCUT2D eigenvalue weighted by Crippen LogP contribution is -2.19. The van der Waals surface area contributed by atoms with Gasteiger partial charge in [-0.1, -0.05) is 0 Å². The number of nitrogens with one attached hydrogen (secondary N) is 1. The summed E-state index contributed by atoms with van der Waals surface area (Å²) in [5.41, 5.74) is 4.86. The van der Waals surface area contributed by atoms with Crippen LogP contribution in [0.3, 0.4) is 0 Å². The van der Waals surface area contributed by atoms with Gasteiger partial charge in [-0.25, -0.2) is 9.18 Å². The van der Waals surface area contributed by atoms with Crippen LogP contribution in [0.2, 0.25) is 0 Å². The predicted octanol–water partition coefficient (Wildman–Crippen LogP) is 1.02. The van der Waals surface area contributed by atoms with E-state index < -0.39 is 11.8 Å². The molecule has 1 aromatic rings. The molecular formula is C7H7FN2O2. The molecule has 4 N–H and O–H groups in total. The summed E-state index contributed by atoms with van der Waals surface area (Å²) in [6.07, 6.45) is 0. The zero-order chi connectivity index (χ0) is 9.14. The van der Waals surface area contributed by atoms with E-state index in [1.807, 2.05) is 0 Å². The van der Waals surface area contributed by atoms with Crippen molar-refractivity contribution in [3.8, 4) is 5.75 Å². The SMILES string of the molecule is NC(=O)Nc1ccc(F)cc1O. The van der Waals surface area contributed by atoms with Crippen LogP contribution in [0, 0.1) is 5.82 Å². The van der Waals surface area contributed by atoms with Gasteiger partial charge < -0.3 is 16.2 Å². The van der Waals surface area contributed by atoms with Crippen molar-refractivity contribution >= 4 is 11.7 Å². The van der Waals surface area contributed by atoms with E-state index in [-0.39, 0.29) is 11.4 Å². The van der Waals surface area contributed by atoms with Gasteiger partial charge in [-0.05, 0) is 12.1 Å². The number of urea groups is 1. The quantitative estimate of drug-likeness (QED) is 0.550. The molecule has 0 atom stereocenters. The molecule has 0 saturated carbocycles. The number of benzene rings is 1.